The second-order valence-electron chi connectivity index (χ2n) is 21.4. The second kappa shape index (κ2) is 23.0. The smallest absolute Gasteiger partial charge is 0.194 e. The molecule has 0 unspecified atom stereocenters. The lowest BCUT2D eigenvalue weighted by atomic mass is 9.88. The Bertz CT molecular complexity index is 4370. The highest BCUT2D eigenvalue weighted by molar-refractivity contribution is 7.27. The molecule has 4 aromatic carbocycles. The average Bonchev–Trinajstić information content (AvgIpc) is 1.52. The summed E-state index contributed by atoms with van der Waals surface area (Å²) in [5, 5.41) is 7.14. The Kier molecular flexibility index (Phi) is 15.9. The van der Waals surface area contributed by atoms with Gasteiger partial charge >= 0.3 is 35.5 Å². The molecule has 0 radical (unpaired) electrons. The van der Waals surface area contributed by atoms with Crippen LogP contribution in [0.25, 0.3) is 103 Å². The summed E-state index contributed by atoms with van der Waals surface area (Å²) in [5.41, 5.74) is -3.02. The van der Waals surface area contributed by atoms with Gasteiger partial charge in [-0.3, -0.25) is 0 Å². The maximum Gasteiger partial charge on any atom is 0.380 e. The molecule has 0 aliphatic heterocycles. The summed E-state index contributed by atoms with van der Waals surface area (Å²) in [5.74, 6) is -32.1. The molecule has 8 aromatic heterocycles. The summed E-state index contributed by atoms with van der Waals surface area (Å²) >= 11 is 9.83. The summed E-state index contributed by atoms with van der Waals surface area (Å²) in [6, 6.07) is 48.9. The number of thiophene rings is 8. The Balaban J connectivity index is 0.000000166. The van der Waals surface area contributed by atoms with Gasteiger partial charge in [-0.05, 0) is 118 Å². The molecule has 0 saturated carbocycles. The van der Waals surface area contributed by atoms with Gasteiger partial charge in [0.15, 0.2) is 0 Å². The standard InChI is InChI=1S/C39H26F6S2.C31H18F6S6/c1-23-29(35(27-19-11-5-12-20-27)46-33(23)25-15-7-3-8-16-25)31-32(38(42,43)39(44,45)37(31,40)41)30-24(2)34(26-17-9-4-10-18-26)47-36(30)28-21-13-6-14-22-28;1-15-21(27(19-9-5-13-40-19)42-25(15)17-7-3-11-38-17)23-24(30(34,35)31(36,37)29(23,32)33)22-16(2)26(18-8-4-12-39-18)43-28(22)20-10-6-14-41-20/h3-22H,1-2H3;3-14H,1-2H3. The van der Waals surface area contributed by atoms with Crippen LogP contribution < -0.4 is 0 Å². The fraction of sp³-hybridized carbons (Fsp3) is 0.143. The van der Waals surface area contributed by atoms with Crippen LogP contribution in [0.1, 0.15) is 44.5 Å². The van der Waals surface area contributed by atoms with E-state index < -0.39 is 57.8 Å². The van der Waals surface area contributed by atoms with Crippen LogP contribution in [-0.4, -0.2) is 35.5 Å². The van der Waals surface area contributed by atoms with E-state index in [0.717, 1.165) is 32.4 Å². The predicted molar refractivity (Wildman–Crippen MR) is 355 cm³/mol. The first kappa shape index (κ1) is 62.0. The van der Waals surface area contributed by atoms with Crippen LogP contribution >= 0.6 is 90.7 Å². The lowest BCUT2D eigenvalue weighted by molar-refractivity contribution is -0.254. The van der Waals surface area contributed by atoms with Crippen LogP contribution in [0.5, 0.6) is 0 Å². The maximum absolute atomic E-state index is 16.5. The second-order valence-corrected chi connectivity index (χ2v) is 29.2. The number of halogens is 12. The molecule has 90 heavy (non-hydrogen) atoms. The number of benzene rings is 4. The quantitative estimate of drug-likeness (QED) is 0.107. The lowest BCUT2D eigenvalue weighted by Gasteiger charge is -2.26. The van der Waals surface area contributed by atoms with Crippen molar-refractivity contribution < 1.29 is 52.7 Å². The van der Waals surface area contributed by atoms with Crippen molar-refractivity contribution in [2.45, 2.75) is 63.2 Å². The maximum atomic E-state index is 16.5. The SMILES string of the molecule is Cc1c(-c2ccccc2)sc(-c2ccccc2)c1C1=C(c2c(-c3ccccc3)sc(-c3ccccc3)c2C)C(F)(F)C(F)(F)C1(F)F.Cc1c(-c2cccs2)sc(-c2cccs2)c1C1=C(c2c(-c3cccs3)sc(-c3cccs3)c2C)C(F)(F)C(F)(F)C1(F)F. The summed E-state index contributed by atoms with van der Waals surface area (Å²) in [7, 11) is 0. The first-order valence-electron chi connectivity index (χ1n) is 27.6. The van der Waals surface area contributed by atoms with Crippen molar-refractivity contribution in [3.05, 3.63) is 236 Å². The Hall–Kier alpha value is -6.88. The van der Waals surface area contributed by atoms with Gasteiger partial charge < -0.3 is 0 Å². The molecule has 0 spiro atoms. The third-order valence-electron chi connectivity index (χ3n) is 16.0. The zero-order chi connectivity index (χ0) is 63.5. The minimum absolute atomic E-state index is 0.222. The zero-order valence-electron chi connectivity index (χ0n) is 47.3. The molecule has 2 aliphatic carbocycles. The van der Waals surface area contributed by atoms with E-state index in [1.165, 1.54) is 68.0 Å². The summed E-state index contributed by atoms with van der Waals surface area (Å²) in [4.78, 5) is 5.86. The van der Waals surface area contributed by atoms with Crippen molar-refractivity contribution in [3.63, 3.8) is 0 Å². The molecular formula is C70H44F12S8. The normalized spacial score (nSPS) is 16.9. The Labute approximate surface area is 541 Å². The van der Waals surface area contributed by atoms with Crippen molar-refractivity contribution >= 4 is 113 Å². The highest BCUT2D eigenvalue weighted by atomic mass is 32.1. The molecule has 20 heteroatoms. The number of hydrogen-bond acceptors (Lipinski definition) is 8. The van der Waals surface area contributed by atoms with Gasteiger partial charge in [-0.2, -0.15) is 52.7 Å². The molecule has 0 atom stereocenters. The molecule has 14 rings (SSSR count). The van der Waals surface area contributed by atoms with E-state index in [1.807, 2.05) is 22.9 Å². The van der Waals surface area contributed by atoms with Gasteiger partial charge in [-0.1, -0.05) is 146 Å². The zero-order valence-corrected chi connectivity index (χ0v) is 53.8. The fourth-order valence-corrected chi connectivity index (χ4v) is 20.6. The molecule has 0 amide bonds. The van der Waals surface area contributed by atoms with Crippen LogP contribution in [0.2, 0.25) is 0 Å². The lowest BCUT2D eigenvalue weighted by Crippen LogP contribution is -2.49. The Morgan fingerprint density at radius 1 is 0.233 bits per heavy atom. The number of allylic oxidation sites excluding steroid dienone is 4. The van der Waals surface area contributed by atoms with Gasteiger partial charge in [0, 0.05) is 93.3 Å². The number of alkyl halides is 12. The van der Waals surface area contributed by atoms with Crippen molar-refractivity contribution in [3.8, 4) is 80.8 Å². The van der Waals surface area contributed by atoms with Crippen molar-refractivity contribution in [2.75, 3.05) is 0 Å². The van der Waals surface area contributed by atoms with E-state index >= 15 is 52.7 Å². The van der Waals surface area contributed by atoms with Crippen LogP contribution in [0.3, 0.4) is 0 Å². The van der Waals surface area contributed by atoms with Gasteiger partial charge in [0.25, 0.3) is 0 Å². The minimum atomic E-state index is -5.70. The topological polar surface area (TPSA) is 0 Å². The van der Waals surface area contributed by atoms with E-state index in [2.05, 4.69) is 0 Å². The third-order valence-corrected chi connectivity index (χ3v) is 25.6. The minimum Gasteiger partial charge on any atom is -0.194 e. The molecule has 0 N–H and O–H groups in total. The van der Waals surface area contributed by atoms with Crippen molar-refractivity contribution in [1.82, 2.24) is 0 Å². The van der Waals surface area contributed by atoms with E-state index in [0.29, 0.717) is 51.5 Å². The highest BCUT2D eigenvalue weighted by Gasteiger charge is 2.82. The first-order chi connectivity index (χ1) is 42.9. The predicted octanol–water partition coefficient (Wildman–Crippen LogP) is 26.1. The van der Waals surface area contributed by atoms with E-state index in [1.54, 1.807) is 196 Å². The van der Waals surface area contributed by atoms with Crippen molar-refractivity contribution in [1.29, 1.82) is 0 Å². The number of rotatable bonds is 12. The van der Waals surface area contributed by atoms with E-state index in [-0.39, 0.29) is 64.0 Å². The molecule has 456 valence electrons. The largest absolute Gasteiger partial charge is 0.380 e. The average molecular weight is 1370 g/mol. The summed E-state index contributed by atoms with van der Waals surface area (Å²) in [6.45, 7) is 6.21. The molecule has 2 aliphatic rings. The van der Waals surface area contributed by atoms with Gasteiger partial charge in [-0.15, -0.1) is 90.7 Å². The molecule has 0 bridgehead atoms. The van der Waals surface area contributed by atoms with Crippen LogP contribution in [0.15, 0.2) is 191 Å². The van der Waals surface area contributed by atoms with Gasteiger partial charge in [0.2, 0.25) is 0 Å². The van der Waals surface area contributed by atoms with Crippen LogP contribution in [0.4, 0.5) is 52.7 Å². The van der Waals surface area contributed by atoms with Gasteiger partial charge in [-0.25, -0.2) is 0 Å². The van der Waals surface area contributed by atoms with Gasteiger partial charge in [0.1, 0.15) is 0 Å². The Morgan fingerprint density at radius 3 is 0.689 bits per heavy atom. The van der Waals surface area contributed by atoms with Crippen LogP contribution in [-0.2, 0) is 0 Å². The fourth-order valence-electron chi connectivity index (χ4n) is 11.8. The summed E-state index contributed by atoms with van der Waals surface area (Å²) < 4.78 is 194. The van der Waals surface area contributed by atoms with Crippen LogP contribution in [0, 0.1) is 27.7 Å². The monoisotopic (exact) mass is 1370 g/mol. The molecular weight excluding hydrogens is 1330 g/mol. The molecule has 8 heterocycles. The number of hydrogen-bond donors (Lipinski definition) is 0. The van der Waals surface area contributed by atoms with Gasteiger partial charge in [0.05, 0.1) is 9.75 Å². The highest BCUT2D eigenvalue weighted by Crippen LogP contribution is 2.71. The van der Waals surface area contributed by atoms with E-state index in [4.69, 9.17) is 0 Å². The molecule has 0 nitrogen and oxygen atoms in total. The molecule has 0 fully saturated rings. The van der Waals surface area contributed by atoms with Crippen molar-refractivity contribution in [2.24, 2.45) is 0 Å². The first-order valence-corrected chi connectivity index (χ1v) is 34.4. The third kappa shape index (κ3) is 9.58. The molecule has 0 saturated heterocycles. The van der Waals surface area contributed by atoms with E-state index in [9.17, 15) is 0 Å². The Morgan fingerprint density at radius 2 is 0.444 bits per heavy atom. The molecule has 12 aromatic rings. The summed E-state index contributed by atoms with van der Waals surface area (Å²) in [6.07, 6.45) is 0.